The van der Waals surface area contributed by atoms with E-state index in [-0.39, 0.29) is 12.3 Å². The molecule has 0 radical (unpaired) electrons. The van der Waals surface area contributed by atoms with Crippen LogP contribution in [0.1, 0.15) is 23.4 Å². The predicted octanol–water partition coefficient (Wildman–Crippen LogP) is 3.35. The zero-order valence-electron chi connectivity index (χ0n) is 15.6. The third-order valence-corrected chi connectivity index (χ3v) is 4.24. The molecule has 3 aromatic rings. The molecule has 2 heterocycles. The Bertz CT molecular complexity index is 873. The molecule has 0 fully saturated rings. The number of oxazole rings is 1. The molecule has 140 valence electrons. The number of rotatable bonds is 8. The van der Waals surface area contributed by atoms with Gasteiger partial charge in [0.25, 0.3) is 0 Å². The van der Waals surface area contributed by atoms with E-state index >= 15 is 0 Å². The molecule has 6 nitrogen and oxygen atoms in total. The van der Waals surface area contributed by atoms with Crippen LogP contribution < -0.4 is 10.1 Å². The number of carbonyl (C=O) groups is 1. The summed E-state index contributed by atoms with van der Waals surface area (Å²) in [4.78, 5) is 20.7. The Kier molecular flexibility index (Phi) is 6.20. The zero-order valence-corrected chi connectivity index (χ0v) is 15.6. The Balaban J connectivity index is 1.51. The fraction of sp³-hybridized carbons (Fsp3) is 0.286. The lowest BCUT2D eigenvalue weighted by molar-refractivity contribution is -0.120. The summed E-state index contributed by atoms with van der Waals surface area (Å²) in [5.41, 5.74) is 2.68. The van der Waals surface area contributed by atoms with Crippen LogP contribution in [0.3, 0.4) is 0 Å². The SMILES string of the molecule is COc1ccc(-c2nc(CC(=O)NCCCc3cccnc3)c(C)o2)cc1. The Morgan fingerprint density at radius 2 is 2.04 bits per heavy atom. The summed E-state index contributed by atoms with van der Waals surface area (Å²) in [5, 5.41) is 2.94. The molecule has 1 aromatic carbocycles. The van der Waals surface area contributed by atoms with Crippen molar-refractivity contribution in [1.82, 2.24) is 15.3 Å². The lowest BCUT2D eigenvalue weighted by Crippen LogP contribution is -2.26. The standard InChI is InChI=1S/C21H23N3O3/c1-15-19(24-21(27-15)17-7-9-18(26-2)10-8-17)13-20(25)23-12-4-6-16-5-3-11-22-14-16/h3,5,7-11,14H,4,6,12-13H2,1-2H3,(H,23,25). The van der Waals surface area contributed by atoms with E-state index in [1.165, 1.54) is 5.56 Å². The maximum Gasteiger partial charge on any atom is 0.226 e. The molecule has 0 aliphatic heterocycles. The molecule has 3 rings (SSSR count). The molecule has 0 aliphatic rings. The van der Waals surface area contributed by atoms with Crippen LogP contribution in [0.2, 0.25) is 0 Å². The first-order chi connectivity index (χ1) is 13.2. The molecule has 6 heteroatoms. The van der Waals surface area contributed by atoms with Crippen LogP contribution in [0, 0.1) is 6.92 Å². The summed E-state index contributed by atoms with van der Waals surface area (Å²) >= 11 is 0. The Morgan fingerprint density at radius 3 is 2.74 bits per heavy atom. The first kappa shape index (κ1) is 18.6. The molecular weight excluding hydrogens is 342 g/mol. The van der Waals surface area contributed by atoms with Crippen LogP contribution >= 0.6 is 0 Å². The fourth-order valence-electron chi connectivity index (χ4n) is 2.73. The van der Waals surface area contributed by atoms with Crippen LogP contribution in [0.25, 0.3) is 11.5 Å². The van der Waals surface area contributed by atoms with Crippen molar-refractivity contribution >= 4 is 5.91 Å². The number of hydrogen-bond acceptors (Lipinski definition) is 5. The van der Waals surface area contributed by atoms with E-state index in [4.69, 9.17) is 9.15 Å². The van der Waals surface area contributed by atoms with Crippen molar-refractivity contribution in [3.63, 3.8) is 0 Å². The average Bonchev–Trinajstić information content (AvgIpc) is 3.06. The van der Waals surface area contributed by atoms with E-state index in [0.717, 1.165) is 24.2 Å². The third-order valence-electron chi connectivity index (χ3n) is 4.24. The number of aryl methyl sites for hydroxylation is 2. The lowest BCUT2D eigenvalue weighted by atomic mass is 10.1. The van der Waals surface area contributed by atoms with Crippen molar-refractivity contribution < 1.29 is 13.9 Å². The number of benzene rings is 1. The molecule has 1 amide bonds. The first-order valence-corrected chi connectivity index (χ1v) is 8.92. The number of aromatic nitrogens is 2. The van der Waals surface area contributed by atoms with Crippen molar-refractivity contribution in [2.45, 2.75) is 26.2 Å². The summed E-state index contributed by atoms with van der Waals surface area (Å²) in [6, 6.07) is 11.4. The number of nitrogens with zero attached hydrogens (tertiary/aromatic N) is 2. The van der Waals surface area contributed by atoms with Gasteiger partial charge in [0.05, 0.1) is 19.2 Å². The highest BCUT2D eigenvalue weighted by atomic mass is 16.5. The maximum absolute atomic E-state index is 12.2. The minimum Gasteiger partial charge on any atom is -0.497 e. The van der Waals surface area contributed by atoms with Gasteiger partial charge in [0.15, 0.2) is 0 Å². The fourth-order valence-corrected chi connectivity index (χ4v) is 2.73. The second kappa shape index (κ2) is 8.98. The van der Waals surface area contributed by atoms with Crippen LogP contribution in [0.5, 0.6) is 5.75 Å². The van der Waals surface area contributed by atoms with Crippen LogP contribution in [-0.4, -0.2) is 29.5 Å². The Hall–Kier alpha value is -3.15. The van der Waals surface area contributed by atoms with E-state index in [9.17, 15) is 4.79 Å². The van der Waals surface area contributed by atoms with Crippen molar-refractivity contribution in [2.24, 2.45) is 0 Å². The van der Waals surface area contributed by atoms with Gasteiger partial charge in [-0.3, -0.25) is 9.78 Å². The third kappa shape index (κ3) is 5.17. The number of ether oxygens (including phenoxy) is 1. The molecule has 0 saturated carbocycles. The van der Waals surface area contributed by atoms with Crippen molar-refractivity contribution in [2.75, 3.05) is 13.7 Å². The topological polar surface area (TPSA) is 77.2 Å². The first-order valence-electron chi connectivity index (χ1n) is 8.92. The van der Waals surface area contributed by atoms with Gasteiger partial charge in [0.2, 0.25) is 11.8 Å². The van der Waals surface area contributed by atoms with Gasteiger partial charge in [0, 0.05) is 24.5 Å². The van der Waals surface area contributed by atoms with E-state index in [1.807, 2.05) is 49.5 Å². The second-order valence-electron chi connectivity index (χ2n) is 6.24. The molecule has 0 aliphatic carbocycles. The summed E-state index contributed by atoms with van der Waals surface area (Å²) in [6.07, 6.45) is 5.57. The van der Waals surface area contributed by atoms with Crippen LogP contribution in [0.4, 0.5) is 0 Å². The predicted molar refractivity (Wildman–Crippen MR) is 102 cm³/mol. The molecule has 0 spiro atoms. The smallest absolute Gasteiger partial charge is 0.226 e. The number of hydrogen-bond donors (Lipinski definition) is 1. The normalized spacial score (nSPS) is 10.6. The average molecular weight is 365 g/mol. The van der Waals surface area contributed by atoms with Gasteiger partial charge >= 0.3 is 0 Å². The minimum absolute atomic E-state index is 0.0566. The molecule has 0 unspecified atom stereocenters. The van der Waals surface area contributed by atoms with Crippen molar-refractivity contribution in [3.8, 4) is 17.2 Å². The molecule has 2 aromatic heterocycles. The van der Waals surface area contributed by atoms with Crippen LogP contribution in [0.15, 0.2) is 53.2 Å². The Labute approximate surface area is 158 Å². The molecule has 27 heavy (non-hydrogen) atoms. The number of methoxy groups -OCH3 is 1. The largest absolute Gasteiger partial charge is 0.497 e. The van der Waals surface area contributed by atoms with E-state index in [0.29, 0.717) is 23.9 Å². The van der Waals surface area contributed by atoms with Gasteiger partial charge in [-0.1, -0.05) is 6.07 Å². The summed E-state index contributed by atoms with van der Waals surface area (Å²) < 4.78 is 10.9. The molecule has 0 atom stereocenters. The molecule has 1 N–H and O–H groups in total. The van der Waals surface area contributed by atoms with Crippen molar-refractivity contribution in [1.29, 1.82) is 0 Å². The van der Waals surface area contributed by atoms with E-state index < -0.39 is 0 Å². The van der Waals surface area contributed by atoms with Gasteiger partial charge < -0.3 is 14.5 Å². The zero-order chi connectivity index (χ0) is 19.1. The van der Waals surface area contributed by atoms with Gasteiger partial charge in [-0.2, -0.15) is 0 Å². The number of pyridine rings is 1. The van der Waals surface area contributed by atoms with Gasteiger partial charge in [-0.15, -0.1) is 0 Å². The maximum atomic E-state index is 12.2. The van der Waals surface area contributed by atoms with E-state index in [2.05, 4.69) is 15.3 Å². The highest BCUT2D eigenvalue weighted by Gasteiger charge is 2.14. The van der Waals surface area contributed by atoms with Gasteiger partial charge in [-0.25, -0.2) is 4.98 Å². The lowest BCUT2D eigenvalue weighted by Gasteiger charge is -2.04. The van der Waals surface area contributed by atoms with Gasteiger partial charge in [0.1, 0.15) is 11.5 Å². The monoisotopic (exact) mass is 365 g/mol. The quantitative estimate of drug-likeness (QED) is 0.620. The molecule has 0 bridgehead atoms. The number of amides is 1. The summed E-state index contributed by atoms with van der Waals surface area (Å²) in [6.45, 7) is 2.45. The number of carbonyl (C=O) groups excluding carboxylic acids is 1. The molecule has 0 saturated heterocycles. The van der Waals surface area contributed by atoms with E-state index in [1.54, 1.807) is 13.3 Å². The molecular formula is C21H23N3O3. The summed E-state index contributed by atoms with van der Waals surface area (Å²) in [5.74, 6) is 1.88. The van der Waals surface area contributed by atoms with Crippen molar-refractivity contribution in [3.05, 3.63) is 65.8 Å². The van der Waals surface area contributed by atoms with Crippen LogP contribution in [-0.2, 0) is 17.6 Å². The highest BCUT2D eigenvalue weighted by Crippen LogP contribution is 2.24. The minimum atomic E-state index is -0.0566. The Morgan fingerprint density at radius 1 is 1.22 bits per heavy atom. The van der Waals surface area contributed by atoms with Gasteiger partial charge in [-0.05, 0) is 55.7 Å². The number of nitrogens with one attached hydrogen (secondary N) is 1. The highest BCUT2D eigenvalue weighted by molar-refractivity contribution is 5.78. The second-order valence-corrected chi connectivity index (χ2v) is 6.24. The summed E-state index contributed by atoms with van der Waals surface area (Å²) in [7, 11) is 1.62.